The van der Waals surface area contributed by atoms with Gasteiger partial charge in [0.25, 0.3) is 11.8 Å². The Labute approximate surface area is 155 Å². The molecule has 2 aromatic heterocycles. The third kappa shape index (κ3) is 3.74. The lowest BCUT2D eigenvalue weighted by molar-refractivity contribution is 0.0667. The molecule has 1 aliphatic rings. The summed E-state index contributed by atoms with van der Waals surface area (Å²) >= 11 is 0. The fraction of sp³-hybridized carbons (Fsp3) is 0.263. The van der Waals surface area contributed by atoms with Crippen molar-refractivity contribution in [1.29, 1.82) is 0 Å². The minimum atomic E-state index is -0.124. The number of nitrogens with zero attached hydrogens (tertiary/aromatic N) is 4. The fourth-order valence-corrected chi connectivity index (χ4v) is 3.19. The second-order valence-electron chi connectivity index (χ2n) is 6.44. The summed E-state index contributed by atoms with van der Waals surface area (Å²) in [5.74, 6) is 0.121. The Balaban J connectivity index is 1.35. The molecule has 0 radical (unpaired) electrons. The molecule has 1 aliphatic heterocycles. The Bertz CT molecular complexity index is 913. The predicted molar refractivity (Wildman–Crippen MR) is 96.5 cm³/mol. The molecule has 27 heavy (non-hydrogen) atoms. The zero-order valence-corrected chi connectivity index (χ0v) is 14.6. The summed E-state index contributed by atoms with van der Waals surface area (Å²) in [4.78, 5) is 26.6. The van der Waals surface area contributed by atoms with Gasteiger partial charge in [0.15, 0.2) is 5.76 Å². The zero-order chi connectivity index (χ0) is 18.6. The molecule has 0 spiro atoms. The number of hydrogen-bond donors (Lipinski definition) is 1. The van der Waals surface area contributed by atoms with Gasteiger partial charge in [-0.15, -0.1) is 10.2 Å². The molecule has 1 saturated heterocycles. The Hall–Kier alpha value is -3.42. The van der Waals surface area contributed by atoms with Crippen molar-refractivity contribution in [2.45, 2.75) is 18.9 Å². The van der Waals surface area contributed by atoms with E-state index in [2.05, 4.69) is 15.5 Å². The number of nitrogens with one attached hydrogen (secondary N) is 1. The van der Waals surface area contributed by atoms with Gasteiger partial charge in [-0.25, -0.2) is 0 Å². The molecular weight excluding hydrogens is 346 g/mol. The van der Waals surface area contributed by atoms with Gasteiger partial charge in [-0.1, -0.05) is 6.07 Å². The third-order valence-electron chi connectivity index (χ3n) is 4.67. The molecule has 8 heteroatoms. The van der Waals surface area contributed by atoms with E-state index in [1.165, 1.54) is 6.26 Å². The number of carbonyl (C=O) groups excluding carboxylic acids is 2. The minimum absolute atomic E-state index is 0.0386. The first-order valence-electron chi connectivity index (χ1n) is 8.79. The maximum absolute atomic E-state index is 12.6. The molecule has 1 N–H and O–H groups in total. The lowest BCUT2D eigenvalue weighted by Crippen LogP contribution is -2.46. The quantitative estimate of drug-likeness (QED) is 0.762. The standard InChI is InChI=1S/C19H19N5O3/c25-18(14-3-1-4-16(11-14)24-12-20-21-13-24)22-15-6-8-23(9-7-15)19(26)17-5-2-10-27-17/h1-5,10-13,15H,6-9H2,(H,22,25). The molecule has 1 fully saturated rings. The third-order valence-corrected chi connectivity index (χ3v) is 4.67. The summed E-state index contributed by atoms with van der Waals surface area (Å²) in [6, 6.07) is 10.7. The second-order valence-corrected chi connectivity index (χ2v) is 6.44. The van der Waals surface area contributed by atoms with Crippen molar-refractivity contribution >= 4 is 11.8 Å². The summed E-state index contributed by atoms with van der Waals surface area (Å²) in [7, 11) is 0. The summed E-state index contributed by atoms with van der Waals surface area (Å²) < 4.78 is 6.91. The number of likely N-dealkylation sites (tertiary alicyclic amines) is 1. The molecule has 2 amide bonds. The highest BCUT2D eigenvalue weighted by Gasteiger charge is 2.26. The van der Waals surface area contributed by atoms with Crippen LogP contribution in [0.15, 0.2) is 59.7 Å². The molecule has 0 atom stereocenters. The summed E-state index contributed by atoms with van der Waals surface area (Å²) in [6.45, 7) is 1.18. The number of furan rings is 1. The fourth-order valence-electron chi connectivity index (χ4n) is 3.19. The summed E-state index contributed by atoms with van der Waals surface area (Å²) in [6.07, 6.45) is 6.09. The van der Waals surface area contributed by atoms with Crippen LogP contribution in [0.1, 0.15) is 33.8 Å². The normalized spacial score (nSPS) is 14.9. The zero-order valence-electron chi connectivity index (χ0n) is 14.6. The number of aromatic nitrogens is 3. The van der Waals surface area contributed by atoms with Crippen molar-refractivity contribution < 1.29 is 14.0 Å². The molecular formula is C19H19N5O3. The lowest BCUT2D eigenvalue weighted by atomic mass is 10.0. The molecule has 1 aromatic carbocycles. The van der Waals surface area contributed by atoms with E-state index in [9.17, 15) is 9.59 Å². The maximum atomic E-state index is 12.6. The van der Waals surface area contributed by atoms with Crippen LogP contribution in [-0.4, -0.2) is 50.6 Å². The molecule has 0 bridgehead atoms. The number of rotatable bonds is 4. The monoisotopic (exact) mass is 365 g/mol. The smallest absolute Gasteiger partial charge is 0.289 e. The van der Waals surface area contributed by atoms with E-state index in [0.717, 1.165) is 5.69 Å². The van der Waals surface area contributed by atoms with Crippen LogP contribution in [-0.2, 0) is 0 Å². The first kappa shape index (κ1) is 17.0. The highest BCUT2D eigenvalue weighted by molar-refractivity contribution is 5.95. The maximum Gasteiger partial charge on any atom is 0.289 e. The Morgan fingerprint density at radius 1 is 1.07 bits per heavy atom. The van der Waals surface area contributed by atoms with Crippen LogP contribution in [0.2, 0.25) is 0 Å². The molecule has 8 nitrogen and oxygen atoms in total. The van der Waals surface area contributed by atoms with Gasteiger partial charge in [0.1, 0.15) is 12.7 Å². The summed E-state index contributed by atoms with van der Waals surface area (Å²) in [5, 5.41) is 10.6. The first-order chi connectivity index (χ1) is 13.2. The van der Waals surface area contributed by atoms with Crippen LogP contribution in [0.3, 0.4) is 0 Å². The molecule has 0 saturated carbocycles. The van der Waals surface area contributed by atoms with E-state index in [1.54, 1.807) is 46.4 Å². The van der Waals surface area contributed by atoms with Crippen LogP contribution >= 0.6 is 0 Å². The van der Waals surface area contributed by atoms with Gasteiger partial charge >= 0.3 is 0 Å². The van der Waals surface area contributed by atoms with Crippen LogP contribution in [0, 0.1) is 0 Å². The molecule has 0 aliphatic carbocycles. The largest absolute Gasteiger partial charge is 0.459 e. The van der Waals surface area contributed by atoms with Gasteiger partial charge < -0.3 is 14.6 Å². The van der Waals surface area contributed by atoms with Crippen molar-refractivity contribution in [3.63, 3.8) is 0 Å². The van der Waals surface area contributed by atoms with Crippen molar-refractivity contribution in [2.75, 3.05) is 13.1 Å². The molecule has 0 unspecified atom stereocenters. The average Bonchev–Trinajstić information content (AvgIpc) is 3.42. The highest BCUT2D eigenvalue weighted by Crippen LogP contribution is 2.16. The van der Waals surface area contributed by atoms with Gasteiger partial charge in [0.05, 0.1) is 6.26 Å². The van der Waals surface area contributed by atoms with E-state index in [-0.39, 0.29) is 17.9 Å². The van der Waals surface area contributed by atoms with E-state index in [0.29, 0.717) is 37.3 Å². The molecule has 3 heterocycles. The van der Waals surface area contributed by atoms with E-state index >= 15 is 0 Å². The SMILES string of the molecule is O=C(NC1CCN(C(=O)c2ccco2)CC1)c1cccc(-n2cnnc2)c1. The number of benzene rings is 1. The van der Waals surface area contributed by atoms with Crippen LogP contribution in [0.4, 0.5) is 0 Å². The van der Waals surface area contributed by atoms with E-state index < -0.39 is 0 Å². The second kappa shape index (κ2) is 7.45. The van der Waals surface area contributed by atoms with Gasteiger partial charge in [-0.2, -0.15) is 0 Å². The van der Waals surface area contributed by atoms with Gasteiger partial charge in [-0.05, 0) is 43.2 Å². The average molecular weight is 365 g/mol. The predicted octanol–water partition coefficient (Wildman–Crippen LogP) is 1.89. The molecule has 4 rings (SSSR count). The first-order valence-corrected chi connectivity index (χ1v) is 8.79. The van der Waals surface area contributed by atoms with Crippen LogP contribution in [0.25, 0.3) is 5.69 Å². The number of carbonyl (C=O) groups is 2. The van der Waals surface area contributed by atoms with Crippen molar-refractivity contribution in [1.82, 2.24) is 25.0 Å². The number of hydrogen-bond acceptors (Lipinski definition) is 5. The van der Waals surface area contributed by atoms with Crippen LogP contribution < -0.4 is 5.32 Å². The summed E-state index contributed by atoms with van der Waals surface area (Å²) in [5.41, 5.74) is 1.40. The molecule has 138 valence electrons. The van der Waals surface area contributed by atoms with Crippen molar-refractivity contribution in [3.8, 4) is 5.69 Å². The van der Waals surface area contributed by atoms with Crippen molar-refractivity contribution in [2.24, 2.45) is 0 Å². The number of piperidine rings is 1. The Morgan fingerprint density at radius 2 is 1.85 bits per heavy atom. The van der Waals surface area contributed by atoms with Gasteiger partial charge in [0, 0.05) is 30.4 Å². The Kier molecular flexibility index (Phi) is 4.69. The topological polar surface area (TPSA) is 93.3 Å². The molecule has 3 aromatic rings. The highest BCUT2D eigenvalue weighted by atomic mass is 16.3. The van der Waals surface area contributed by atoms with Crippen LogP contribution in [0.5, 0.6) is 0 Å². The van der Waals surface area contributed by atoms with E-state index in [4.69, 9.17) is 4.42 Å². The number of amides is 2. The van der Waals surface area contributed by atoms with Gasteiger partial charge in [-0.3, -0.25) is 14.2 Å². The van der Waals surface area contributed by atoms with Gasteiger partial charge in [0.2, 0.25) is 0 Å². The van der Waals surface area contributed by atoms with Crippen molar-refractivity contribution in [3.05, 3.63) is 66.6 Å². The lowest BCUT2D eigenvalue weighted by Gasteiger charge is -2.31. The van der Waals surface area contributed by atoms with E-state index in [1.807, 2.05) is 12.1 Å². The minimum Gasteiger partial charge on any atom is -0.459 e. The Morgan fingerprint density at radius 3 is 2.56 bits per heavy atom.